The molecule has 0 fully saturated rings. The van der Waals surface area contributed by atoms with Gasteiger partial charge >= 0.3 is 0 Å². The van der Waals surface area contributed by atoms with Crippen molar-refractivity contribution < 1.29 is 4.74 Å². The lowest BCUT2D eigenvalue weighted by atomic mass is 10.2. The zero-order chi connectivity index (χ0) is 8.27. The van der Waals surface area contributed by atoms with Gasteiger partial charge < -0.3 is 10.5 Å². The van der Waals surface area contributed by atoms with Gasteiger partial charge in [0, 0.05) is 12.1 Å². The van der Waals surface area contributed by atoms with Crippen LogP contribution in [0.1, 0.15) is 5.56 Å². The Balaban J connectivity index is 0.00000121. The largest absolute Gasteiger partial charge is 0.495 e. The molecule has 12 heavy (non-hydrogen) atoms. The van der Waals surface area contributed by atoms with Gasteiger partial charge in [0.1, 0.15) is 5.75 Å². The first kappa shape index (κ1) is 11.6. The first-order valence-corrected chi connectivity index (χ1v) is 3.69. The summed E-state index contributed by atoms with van der Waals surface area (Å²) in [4.78, 5) is 0. The maximum atomic E-state index is 5.83. The van der Waals surface area contributed by atoms with E-state index >= 15 is 0 Å². The average molecular weight is 208 g/mol. The molecule has 0 atom stereocenters. The molecule has 0 bridgehead atoms. The van der Waals surface area contributed by atoms with Crippen LogP contribution >= 0.6 is 24.0 Å². The fraction of sp³-hybridized carbons (Fsp3) is 0.250. The van der Waals surface area contributed by atoms with Gasteiger partial charge in [0.15, 0.2) is 0 Å². The maximum absolute atomic E-state index is 5.83. The van der Waals surface area contributed by atoms with Crippen LogP contribution < -0.4 is 10.5 Å². The van der Waals surface area contributed by atoms with Crippen LogP contribution in [-0.2, 0) is 6.54 Å². The Morgan fingerprint density at radius 2 is 2.17 bits per heavy atom. The summed E-state index contributed by atoms with van der Waals surface area (Å²) >= 11 is 5.83. The summed E-state index contributed by atoms with van der Waals surface area (Å²) < 4.78 is 5.06. The highest BCUT2D eigenvalue weighted by Gasteiger charge is 2.03. The molecule has 0 radical (unpaired) electrons. The van der Waals surface area contributed by atoms with E-state index in [4.69, 9.17) is 22.1 Å². The Labute approximate surface area is 83.1 Å². The molecule has 0 aromatic heterocycles. The van der Waals surface area contributed by atoms with Crippen molar-refractivity contribution in [2.75, 3.05) is 7.11 Å². The Morgan fingerprint density at radius 1 is 1.50 bits per heavy atom. The Bertz CT molecular complexity index is 253. The van der Waals surface area contributed by atoms with Crippen LogP contribution in [0, 0.1) is 0 Å². The molecule has 0 saturated heterocycles. The van der Waals surface area contributed by atoms with E-state index in [0.717, 1.165) is 5.56 Å². The van der Waals surface area contributed by atoms with Crippen LogP contribution in [0.25, 0.3) is 0 Å². The molecule has 0 aliphatic rings. The average Bonchev–Trinajstić information content (AvgIpc) is 2.04. The van der Waals surface area contributed by atoms with Gasteiger partial charge in [-0.1, -0.05) is 23.7 Å². The molecule has 0 heterocycles. The number of methoxy groups -OCH3 is 1. The van der Waals surface area contributed by atoms with Crippen LogP contribution in [0.3, 0.4) is 0 Å². The molecule has 0 aliphatic heterocycles. The highest BCUT2D eigenvalue weighted by atomic mass is 35.5. The Hall–Kier alpha value is -0.440. The number of benzene rings is 1. The smallest absolute Gasteiger partial charge is 0.141 e. The molecule has 1 rings (SSSR count). The van der Waals surface area contributed by atoms with Crippen molar-refractivity contribution >= 4 is 24.0 Å². The molecule has 2 N–H and O–H groups in total. The molecular weight excluding hydrogens is 197 g/mol. The van der Waals surface area contributed by atoms with Crippen molar-refractivity contribution in [1.29, 1.82) is 0 Å². The van der Waals surface area contributed by atoms with Gasteiger partial charge in [-0.25, -0.2) is 0 Å². The van der Waals surface area contributed by atoms with Crippen LogP contribution in [-0.4, -0.2) is 7.11 Å². The monoisotopic (exact) mass is 207 g/mol. The Kier molecular flexibility index (Phi) is 5.06. The highest BCUT2D eigenvalue weighted by molar-refractivity contribution is 6.32. The van der Waals surface area contributed by atoms with E-state index in [1.54, 1.807) is 13.2 Å². The molecule has 68 valence electrons. The van der Waals surface area contributed by atoms with Crippen LogP contribution in [0.4, 0.5) is 0 Å². The minimum Gasteiger partial charge on any atom is -0.495 e. The molecule has 0 amide bonds. The fourth-order valence-electron chi connectivity index (χ4n) is 0.943. The first-order chi connectivity index (χ1) is 5.29. The normalized spacial score (nSPS) is 8.92. The maximum Gasteiger partial charge on any atom is 0.141 e. The minimum absolute atomic E-state index is 0. The quantitative estimate of drug-likeness (QED) is 0.808. The number of ether oxygens (including phenoxy) is 1. The van der Waals surface area contributed by atoms with E-state index in [-0.39, 0.29) is 12.4 Å². The summed E-state index contributed by atoms with van der Waals surface area (Å²) in [7, 11) is 1.58. The molecule has 4 heteroatoms. The van der Waals surface area contributed by atoms with E-state index in [1.165, 1.54) is 0 Å². The van der Waals surface area contributed by atoms with Crippen molar-refractivity contribution in [3.63, 3.8) is 0 Å². The molecule has 0 unspecified atom stereocenters. The van der Waals surface area contributed by atoms with E-state index in [1.807, 2.05) is 12.1 Å². The second kappa shape index (κ2) is 5.25. The number of rotatable bonds is 2. The van der Waals surface area contributed by atoms with Gasteiger partial charge in [-0.3, -0.25) is 0 Å². The standard InChI is InChI=1S/C8H10ClNO.ClH/c1-11-8-6(5-10)3-2-4-7(8)9;/h2-4H,5,10H2,1H3;1H. The van der Waals surface area contributed by atoms with Crippen molar-refractivity contribution in [1.82, 2.24) is 0 Å². The lowest BCUT2D eigenvalue weighted by molar-refractivity contribution is 0.410. The summed E-state index contributed by atoms with van der Waals surface area (Å²) in [5.74, 6) is 0.677. The lowest BCUT2D eigenvalue weighted by Gasteiger charge is -2.06. The zero-order valence-electron chi connectivity index (χ0n) is 6.71. The first-order valence-electron chi connectivity index (χ1n) is 3.31. The van der Waals surface area contributed by atoms with Gasteiger partial charge in [-0.2, -0.15) is 0 Å². The van der Waals surface area contributed by atoms with Crippen molar-refractivity contribution in [3.05, 3.63) is 28.8 Å². The second-order valence-electron chi connectivity index (χ2n) is 2.14. The number of halogens is 2. The summed E-state index contributed by atoms with van der Waals surface area (Å²) in [6.45, 7) is 0.448. The second-order valence-corrected chi connectivity index (χ2v) is 2.54. The van der Waals surface area contributed by atoms with E-state index in [9.17, 15) is 0 Å². The van der Waals surface area contributed by atoms with Gasteiger partial charge in [-0.15, -0.1) is 12.4 Å². The summed E-state index contributed by atoms with van der Waals surface area (Å²) in [6, 6.07) is 5.53. The molecule has 1 aromatic rings. The van der Waals surface area contributed by atoms with Crippen LogP contribution in [0.2, 0.25) is 5.02 Å². The van der Waals surface area contributed by atoms with E-state index in [0.29, 0.717) is 17.3 Å². The van der Waals surface area contributed by atoms with Crippen molar-refractivity contribution in [3.8, 4) is 5.75 Å². The number of hydrogen-bond acceptors (Lipinski definition) is 2. The zero-order valence-corrected chi connectivity index (χ0v) is 8.28. The Morgan fingerprint density at radius 3 is 2.58 bits per heavy atom. The van der Waals surface area contributed by atoms with Gasteiger partial charge in [0.2, 0.25) is 0 Å². The fourth-order valence-corrected chi connectivity index (χ4v) is 1.21. The lowest BCUT2D eigenvalue weighted by Crippen LogP contribution is -1.99. The predicted molar refractivity (Wildman–Crippen MR) is 53.1 cm³/mol. The molecular formula is C8H11Cl2NO. The van der Waals surface area contributed by atoms with Gasteiger partial charge in [0.05, 0.1) is 12.1 Å². The third-order valence-electron chi connectivity index (χ3n) is 1.47. The number of para-hydroxylation sites is 1. The van der Waals surface area contributed by atoms with Crippen molar-refractivity contribution in [2.45, 2.75) is 6.54 Å². The third-order valence-corrected chi connectivity index (χ3v) is 1.77. The SMILES string of the molecule is COc1c(Cl)cccc1CN.Cl. The van der Waals surface area contributed by atoms with Gasteiger partial charge in [-0.05, 0) is 6.07 Å². The topological polar surface area (TPSA) is 35.2 Å². The molecule has 2 nitrogen and oxygen atoms in total. The van der Waals surface area contributed by atoms with Gasteiger partial charge in [0.25, 0.3) is 0 Å². The molecule has 1 aromatic carbocycles. The van der Waals surface area contributed by atoms with Crippen LogP contribution in [0.15, 0.2) is 18.2 Å². The summed E-state index contributed by atoms with van der Waals surface area (Å²) in [5, 5.41) is 0.607. The molecule has 0 saturated carbocycles. The number of hydrogen-bond donors (Lipinski definition) is 1. The summed E-state index contributed by atoms with van der Waals surface area (Å²) in [5.41, 5.74) is 6.39. The molecule has 0 aliphatic carbocycles. The predicted octanol–water partition coefficient (Wildman–Crippen LogP) is 2.23. The minimum atomic E-state index is 0. The van der Waals surface area contributed by atoms with E-state index < -0.39 is 0 Å². The van der Waals surface area contributed by atoms with Crippen LogP contribution in [0.5, 0.6) is 5.75 Å². The summed E-state index contributed by atoms with van der Waals surface area (Å²) in [6.07, 6.45) is 0. The van der Waals surface area contributed by atoms with Crippen molar-refractivity contribution in [2.24, 2.45) is 5.73 Å². The third kappa shape index (κ3) is 2.27. The highest BCUT2D eigenvalue weighted by Crippen LogP contribution is 2.27. The molecule has 0 spiro atoms. The van der Waals surface area contributed by atoms with E-state index in [2.05, 4.69) is 0 Å². The number of nitrogens with two attached hydrogens (primary N) is 1.